The predicted molar refractivity (Wildman–Crippen MR) is 126 cm³/mol. The molecular weight excluding hydrogens is 462 g/mol. The number of anilines is 2. The quantitative estimate of drug-likeness (QED) is 0.502. The molecule has 0 aliphatic carbocycles. The van der Waals surface area contributed by atoms with E-state index in [1.807, 2.05) is 0 Å². The Kier molecular flexibility index (Phi) is 6.34. The van der Waals surface area contributed by atoms with Gasteiger partial charge in [0.2, 0.25) is 11.9 Å². The third-order valence-corrected chi connectivity index (χ3v) is 6.77. The summed E-state index contributed by atoms with van der Waals surface area (Å²) < 4.78 is 57.5. The number of fused-ring (bicyclic) bond motifs is 1. The Bertz CT molecular complexity index is 1410. The first-order valence-electron chi connectivity index (χ1n) is 10.4. The van der Waals surface area contributed by atoms with Gasteiger partial charge in [0, 0.05) is 24.1 Å². The second-order valence-electron chi connectivity index (χ2n) is 7.85. The van der Waals surface area contributed by atoms with Crippen LogP contribution in [0.5, 0.6) is 0 Å². The Hall–Kier alpha value is -3.79. The fourth-order valence-electron chi connectivity index (χ4n) is 3.85. The van der Waals surface area contributed by atoms with Gasteiger partial charge in [0.1, 0.15) is 16.5 Å². The molecule has 0 radical (unpaired) electrons. The van der Waals surface area contributed by atoms with Gasteiger partial charge in [-0.15, -0.1) is 0 Å². The summed E-state index contributed by atoms with van der Waals surface area (Å²) in [6.07, 6.45) is 0. The van der Waals surface area contributed by atoms with E-state index in [1.54, 1.807) is 37.3 Å². The van der Waals surface area contributed by atoms with Crippen molar-refractivity contribution in [2.45, 2.75) is 31.2 Å². The summed E-state index contributed by atoms with van der Waals surface area (Å²) in [5.74, 6) is -2.27. The Morgan fingerprint density at radius 2 is 1.82 bits per heavy atom. The van der Waals surface area contributed by atoms with Crippen LogP contribution in [0.1, 0.15) is 36.5 Å². The van der Waals surface area contributed by atoms with Crippen LogP contribution in [-0.4, -0.2) is 20.3 Å². The van der Waals surface area contributed by atoms with E-state index in [9.17, 15) is 22.0 Å². The van der Waals surface area contributed by atoms with Crippen LogP contribution in [0.3, 0.4) is 0 Å². The topological polar surface area (TPSA) is 99.7 Å². The zero-order valence-corrected chi connectivity index (χ0v) is 19.2. The van der Waals surface area contributed by atoms with Gasteiger partial charge >= 0.3 is 0 Å². The first kappa shape index (κ1) is 23.4. The lowest BCUT2D eigenvalue weighted by Gasteiger charge is -2.26. The van der Waals surface area contributed by atoms with Crippen LogP contribution in [-0.2, 0) is 21.4 Å². The van der Waals surface area contributed by atoms with Crippen LogP contribution >= 0.6 is 0 Å². The summed E-state index contributed by atoms with van der Waals surface area (Å²) in [6.45, 7) is 3.09. The lowest BCUT2D eigenvalue weighted by atomic mass is 9.91. The van der Waals surface area contributed by atoms with E-state index in [-0.39, 0.29) is 40.1 Å². The molecule has 0 aromatic heterocycles. The Morgan fingerprint density at radius 3 is 2.56 bits per heavy atom. The molecule has 0 spiro atoms. The molecule has 3 N–H and O–H groups in total. The van der Waals surface area contributed by atoms with Crippen molar-refractivity contribution >= 4 is 33.3 Å². The van der Waals surface area contributed by atoms with Crippen molar-refractivity contribution in [2.24, 2.45) is 4.99 Å². The van der Waals surface area contributed by atoms with Gasteiger partial charge in [-0.05, 0) is 41.5 Å². The summed E-state index contributed by atoms with van der Waals surface area (Å²) in [6, 6.07) is 15.1. The third-order valence-electron chi connectivity index (χ3n) is 5.39. The van der Waals surface area contributed by atoms with Crippen LogP contribution in [0, 0.1) is 11.6 Å². The highest BCUT2D eigenvalue weighted by Crippen LogP contribution is 2.38. The number of hydrogen-bond acceptors (Lipinski definition) is 4. The smallest absolute Gasteiger partial charge is 0.266 e. The SMILES string of the molecule is CC(=O)Nc1cccc(CN=C2Nc3c(ccc(F)c3[C@@H](C)c3ccccc3F)S(=O)(=O)N2)c1. The summed E-state index contributed by atoms with van der Waals surface area (Å²) in [7, 11) is -4.05. The molecule has 0 saturated carbocycles. The number of carbonyl (C=O) groups excluding carboxylic acids is 1. The maximum absolute atomic E-state index is 15.0. The van der Waals surface area contributed by atoms with Crippen molar-refractivity contribution in [1.82, 2.24) is 4.72 Å². The number of nitrogens with one attached hydrogen (secondary N) is 3. The molecule has 0 bridgehead atoms. The second kappa shape index (κ2) is 9.22. The minimum absolute atomic E-state index is 0.0141. The first-order chi connectivity index (χ1) is 16.2. The van der Waals surface area contributed by atoms with Crippen LogP contribution in [0.2, 0.25) is 0 Å². The van der Waals surface area contributed by atoms with Crippen molar-refractivity contribution < 1.29 is 22.0 Å². The average molecular weight is 485 g/mol. The molecule has 1 aliphatic rings. The number of sulfonamides is 1. The molecule has 0 unspecified atom stereocenters. The maximum Gasteiger partial charge on any atom is 0.266 e. The van der Waals surface area contributed by atoms with Crippen molar-refractivity contribution in [2.75, 3.05) is 10.6 Å². The normalized spacial score (nSPS) is 16.2. The molecule has 176 valence electrons. The molecule has 34 heavy (non-hydrogen) atoms. The van der Waals surface area contributed by atoms with Crippen LogP contribution < -0.4 is 15.4 Å². The number of nitrogens with zero attached hydrogens (tertiary/aromatic N) is 1. The molecule has 1 amide bonds. The Labute approximate surface area is 196 Å². The van der Waals surface area contributed by atoms with Crippen molar-refractivity contribution in [3.63, 3.8) is 0 Å². The molecule has 1 heterocycles. The zero-order valence-electron chi connectivity index (χ0n) is 18.4. The summed E-state index contributed by atoms with van der Waals surface area (Å²) in [5, 5.41) is 5.55. The van der Waals surface area contributed by atoms with Crippen LogP contribution in [0.15, 0.2) is 70.6 Å². The molecule has 3 aromatic rings. The minimum Gasteiger partial charge on any atom is -0.326 e. The molecule has 3 aromatic carbocycles. The van der Waals surface area contributed by atoms with Gasteiger partial charge in [-0.3, -0.25) is 4.79 Å². The maximum atomic E-state index is 15.0. The molecule has 4 rings (SSSR count). The predicted octanol–water partition coefficient (Wildman–Crippen LogP) is 4.34. The second-order valence-corrected chi connectivity index (χ2v) is 9.51. The van der Waals surface area contributed by atoms with E-state index in [0.717, 1.165) is 12.1 Å². The molecule has 7 nitrogen and oxygen atoms in total. The van der Waals surface area contributed by atoms with E-state index in [2.05, 4.69) is 20.3 Å². The molecule has 0 saturated heterocycles. The summed E-state index contributed by atoms with van der Waals surface area (Å²) in [5.41, 5.74) is 1.56. The zero-order chi connectivity index (χ0) is 24.5. The number of amides is 1. The number of halogens is 2. The molecule has 0 fully saturated rings. The number of benzene rings is 3. The van der Waals surface area contributed by atoms with Crippen LogP contribution in [0.25, 0.3) is 0 Å². The van der Waals surface area contributed by atoms with Crippen LogP contribution in [0.4, 0.5) is 20.2 Å². The number of carbonyl (C=O) groups is 1. The van der Waals surface area contributed by atoms with Gasteiger partial charge in [-0.2, -0.15) is 0 Å². The van der Waals surface area contributed by atoms with Gasteiger partial charge < -0.3 is 10.6 Å². The van der Waals surface area contributed by atoms with Gasteiger partial charge in [0.25, 0.3) is 10.0 Å². The van der Waals surface area contributed by atoms with Gasteiger partial charge in [0.05, 0.1) is 12.2 Å². The summed E-state index contributed by atoms with van der Waals surface area (Å²) >= 11 is 0. The first-order valence-corrected chi connectivity index (χ1v) is 11.9. The standard InChI is InChI=1S/C24H22F2N4O3S/c1-14(18-8-3-4-9-19(18)25)22-20(26)10-11-21-23(22)29-24(30-34(21,32)33)27-13-16-6-5-7-17(12-16)28-15(2)31/h3-12,14H,13H2,1-2H3,(H,28,31)(H2,27,29,30)/t14-/m0/s1. The third kappa shape index (κ3) is 4.76. The lowest BCUT2D eigenvalue weighted by molar-refractivity contribution is -0.114. The van der Waals surface area contributed by atoms with E-state index < -0.39 is 27.6 Å². The number of guanidine groups is 1. The highest BCUT2D eigenvalue weighted by atomic mass is 32.2. The molecule has 1 atom stereocenters. The summed E-state index contributed by atoms with van der Waals surface area (Å²) in [4.78, 5) is 15.4. The van der Waals surface area contributed by atoms with Crippen molar-refractivity contribution in [3.05, 3.63) is 89.0 Å². The van der Waals surface area contributed by atoms with E-state index in [1.165, 1.54) is 25.1 Å². The van der Waals surface area contributed by atoms with Crippen molar-refractivity contribution in [3.8, 4) is 0 Å². The fourth-order valence-corrected chi connectivity index (χ4v) is 5.01. The molecular formula is C24H22F2N4O3S. The molecule has 1 aliphatic heterocycles. The number of rotatable bonds is 5. The van der Waals surface area contributed by atoms with Crippen molar-refractivity contribution in [1.29, 1.82) is 0 Å². The fraction of sp³-hybridized carbons (Fsp3) is 0.167. The van der Waals surface area contributed by atoms with E-state index >= 15 is 0 Å². The highest BCUT2D eigenvalue weighted by Gasteiger charge is 2.32. The Balaban J connectivity index is 1.71. The molecule has 10 heteroatoms. The van der Waals surface area contributed by atoms with Gasteiger partial charge in [-0.25, -0.2) is 26.9 Å². The minimum atomic E-state index is -4.05. The largest absolute Gasteiger partial charge is 0.326 e. The average Bonchev–Trinajstić information content (AvgIpc) is 2.77. The van der Waals surface area contributed by atoms with Gasteiger partial charge in [0.15, 0.2) is 0 Å². The Morgan fingerprint density at radius 1 is 1.06 bits per heavy atom. The number of aliphatic imine (C=N–C) groups is 1. The number of hydrogen-bond donors (Lipinski definition) is 3. The highest BCUT2D eigenvalue weighted by molar-refractivity contribution is 7.90. The monoisotopic (exact) mass is 484 g/mol. The lowest BCUT2D eigenvalue weighted by Crippen LogP contribution is -2.41. The van der Waals surface area contributed by atoms with Gasteiger partial charge in [-0.1, -0.05) is 37.3 Å². The van der Waals surface area contributed by atoms with E-state index in [0.29, 0.717) is 11.3 Å². The van der Waals surface area contributed by atoms with E-state index in [4.69, 9.17) is 0 Å².